The zero-order chi connectivity index (χ0) is 11.4. The lowest BCUT2D eigenvalue weighted by Gasteiger charge is -2.18. The summed E-state index contributed by atoms with van der Waals surface area (Å²) in [5.41, 5.74) is 2.87. The minimum absolute atomic E-state index is 0.255. The van der Waals surface area contributed by atoms with Crippen LogP contribution in [0, 0.1) is 6.92 Å². The number of aryl methyl sites for hydroxylation is 1. The van der Waals surface area contributed by atoms with Gasteiger partial charge in [0.05, 0.1) is 5.69 Å². The predicted octanol–water partition coefficient (Wildman–Crippen LogP) is 1.66. The molecule has 3 N–H and O–H groups in total. The van der Waals surface area contributed by atoms with E-state index in [0.717, 1.165) is 5.56 Å². The predicted molar refractivity (Wildman–Crippen MR) is 52.8 cm³/mol. The lowest BCUT2D eigenvalue weighted by atomic mass is 10.2. The van der Waals surface area contributed by atoms with Gasteiger partial charge in [-0.3, -0.25) is 0 Å². The lowest BCUT2D eigenvalue weighted by Crippen LogP contribution is -2.45. The van der Waals surface area contributed by atoms with Crippen molar-refractivity contribution in [2.75, 3.05) is 5.01 Å². The van der Waals surface area contributed by atoms with E-state index < -0.39 is 12.2 Å². The summed E-state index contributed by atoms with van der Waals surface area (Å²) >= 11 is 0. The van der Waals surface area contributed by atoms with Crippen LogP contribution in [-0.4, -0.2) is 22.4 Å². The molecule has 0 fully saturated rings. The number of amides is 2. The highest BCUT2D eigenvalue weighted by Gasteiger charge is 2.16. The van der Waals surface area contributed by atoms with Gasteiger partial charge in [-0.05, 0) is 24.6 Å². The SMILES string of the molecule is Cc1cccc(N(NC(=O)O)C(=O)O)c1. The zero-order valence-electron chi connectivity index (χ0n) is 7.97. The van der Waals surface area contributed by atoms with Crippen molar-refractivity contribution in [3.8, 4) is 0 Å². The monoisotopic (exact) mass is 210 g/mol. The molecule has 0 unspecified atom stereocenters. The van der Waals surface area contributed by atoms with Gasteiger partial charge in [-0.15, -0.1) is 0 Å². The summed E-state index contributed by atoms with van der Waals surface area (Å²) in [6, 6.07) is 6.48. The Morgan fingerprint density at radius 1 is 1.33 bits per heavy atom. The fourth-order valence-electron chi connectivity index (χ4n) is 1.09. The van der Waals surface area contributed by atoms with E-state index in [4.69, 9.17) is 10.2 Å². The topological polar surface area (TPSA) is 89.9 Å². The largest absolute Gasteiger partial charge is 0.464 e. The van der Waals surface area contributed by atoms with E-state index in [1.54, 1.807) is 30.5 Å². The second-order valence-corrected chi connectivity index (χ2v) is 2.87. The van der Waals surface area contributed by atoms with Gasteiger partial charge < -0.3 is 10.2 Å². The van der Waals surface area contributed by atoms with Crippen LogP contribution in [0.25, 0.3) is 0 Å². The number of carboxylic acid groups (broad SMARTS) is 2. The molecule has 1 aromatic carbocycles. The Morgan fingerprint density at radius 3 is 2.47 bits per heavy atom. The third kappa shape index (κ3) is 2.87. The minimum Gasteiger partial charge on any atom is -0.464 e. The van der Waals surface area contributed by atoms with Crippen LogP contribution in [0.2, 0.25) is 0 Å². The molecule has 0 aliphatic rings. The van der Waals surface area contributed by atoms with Crippen LogP contribution in [0.5, 0.6) is 0 Å². The maximum atomic E-state index is 10.7. The van der Waals surface area contributed by atoms with Crippen LogP contribution in [0.15, 0.2) is 24.3 Å². The second kappa shape index (κ2) is 4.32. The summed E-state index contributed by atoms with van der Waals surface area (Å²) in [4.78, 5) is 21.1. The highest BCUT2D eigenvalue weighted by molar-refractivity contribution is 5.88. The highest BCUT2D eigenvalue weighted by atomic mass is 16.4. The summed E-state index contributed by atoms with van der Waals surface area (Å²) in [7, 11) is 0. The van der Waals surface area contributed by atoms with Gasteiger partial charge in [0.15, 0.2) is 0 Å². The molecule has 80 valence electrons. The van der Waals surface area contributed by atoms with E-state index in [1.165, 1.54) is 6.07 Å². The first-order valence-corrected chi connectivity index (χ1v) is 4.10. The number of hydrazine groups is 1. The van der Waals surface area contributed by atoms with Crippen molar-refractivity contribution in [3.05, 3.63) is 29.8 Å². The van der Waals surface area contributed by atoms with E-state index >= 15 is 0 Å². The molecule has 0 saturated heterocycles. The second-order valence-electron chi connectivity index (χ2n) is 2.87. The molecule has 6 nitrogen and oxygen atoms in total. The Bertz CT molecular complexity index is 391. The van der Waals surface area contributed by atoms with E-state index in [0.29, 0.717) is 5.01 Å². The lowest BCUT2D eigenvalue weighted by molar-refractivity contribution is 0.181. The van der Waals surface area contributed by atoms with E-state index in [2.05, 4.69) is 0 Å². The first kappa shape index (κ1) is 10.8. The van der Waals surface area contributed by atoms with Crippen molar-refractivity contribution in [1.82, 2.24) is 5.43 Å². The normalized spacial score (nSPS) is 9.40. The van der Waals surface area contributed by atoms with Gasteiger partial charge in [-0.2, -0.15) is 5.01 Å². The van der Waals surface area contributed by atoms with Gasteiger partial charge in [0.25, 0.3) is 0 Å². The molecule has 0 saturated carbocycles. The van der Waals surface area contributed by atoms with Gasteiger partial charge >= 0.3 is 12.2 Å². The molecule has 0 radical (unpaired) electrons. The van der Waals surface area contributed by atoms with Crippen LogP contribution >= 0.6 is 0 Å². The van der Waals surface area contributed by atoms with Crippen LogP contribution in [0.4, 0.5) is 15.3 Å². The molecule has 0 atom stereocenters. The third-order valence-corrected chi connectivity index (χ3v) is 1.66. The Labute approximate surface area is 85.7 Å². The molecular weight excluding hydrogens is 200 g/mol. The summed E-state index contributed by atoms with van der Waals surface area (Å²) in [5.74, 6) is 0. The van der Waals surface area contributed by atoms with Crippen molar-refractivity contribution in [2.24, 2.45) is 0 Å². The van der Waals surface area contributed by atoms with Crippen molar-refractivity contribution < 1.29 is 19.8 Å². The number of anilines is 1. The third-order valence-electron chi connectivity index (χ3n) is 1.66. The Hall–Kier alpha value is -2.24. The molecule has 1 rings (SSSR count). The molecule has 1 aromatic rings. The van der Waals surface area contributed by atoms with Crippen molar-refractivity contribution >= 4 is 17.9 Å². The van der Waals surface area contributed by atoms with Crippen LogP contribution in [0.1, 0.15) is 5.56 Å². The van der Waals surface area contributed by atoms with Gasteiger partial charge in [0.1, 0.15) is 0 Å². The van der Waals surface area contributed by atoms with Gasteiger partial charge in [-0.25, -0.2) is 15.0 Å². The molecule has 2 amide bonds. The number of benzene rings is 1. The zero-order valence-corrected chi connectivity index (χ0v) is 7.97. The standard InChI is InChI=1S/C9H10N2O4/c1-6-3-2-4-7(5-6)11(9(14)15)10-8(12)13/h2-5,10H,1H3,(H,12,13)(H,14,15). The van der Waals surface area contributed by atoms with Gasteiger partial charge in [0.2, 0.25) is 0 Å². The fourth-order valence-corrected chi connectivity index (χ4v) is 1.09. The summed E-state index contributed by atoms with van der Waals surface area (Å²) in [6.45, 7) is 1.78. The molecule has 0 aliphatic heterocycles. The van der Waals surface area contributed by atoms with E-state index in [1.807, 2.05) is 0 Å². The van der Waals surface area contributed by atoms with E-state index in [9.17, 15) is 9.59 Å². The first-order valence-electron chi connectivity index (χ1n) is 4.10. The summed E-state index contributed by atoms with van der Waals surface area (Å²) in [6.07, 6.45) is -2.82. The number of rotatable bonds is 1. The average molecular weight is 210 g/mol. The van der Waals surface area contributed by atoms with Gasteiger partial charge in [-0.1, -0.05) is 12.1 Å². The summed E-state index contributed by atoms with van der Waals surface area (Å²) in [5, 5.41) is 17.8. The molecule has 6 heteroatoms. The Morgan fingerprint density at radius 2 is 2.00 bits per heavy atom. The van der Waals surface area contributed by atoms with Crippen LogP contribution in [-0.2, 0) is 0 Å². The molecule has 0 bridgehead atoms. The average Bonchev–Trinajstić information content (AvgIpc) is 2.13. The maximum Gasteiger partial charge on any atom is 0.431 e. The van der Waals surface area contributed by atoms with Crippen LogP contribution < -0.4 is 10.4 Å². The number of hydrogen-bond acceptors (Lipinski definition) is 2. The first-order chi connectivity index (χ1) is 7.00. The quantitative estimate of drug-likeness (QED) is 0.615. The molecule has 0 spiro atoms. The summed E-state index contributed by atoms with van der Waals surface area (Å²) < 4.78 is 0. The molecule has 15 heavy (non-hydrogen) atoms. The highest BCUT2D eigenvalue weighted by Crippen LogP contribution is 2.13. The maximum absolute atomic E-state index is 10.7. The van der Waals surface area contributed by atoms with Crippen molar-refractivity contribution in [3.63, 3.8) is 0 Å². The number of nitrogens with one attached hydrogen (secondary N) is 1. The Kier molecular flexibility index (Phi) is 3.12. The number of hydrogen-bond donors (Lipinski definition) is 3. The fraction of sp³-hybridized carbons (Fsp3) is 0.111. The molecule has 0 heterocycles. The molecule has 0 aliphatic carbocycles. The minimum atomic E-state index is -1.43. The van der Waals surface area contributed by atoms with Crippen molar-refractivity contribution in [2.45, 2.75) is 6.92 Å². The Balaban J connectivity index is 2.98. The van der Waals surface area contributed by atoms with Gasteiger partial charge in [0, 0.05) is 0 Å². The molecular formula is C9H10N2O4. The van der Waals surface area contributed by atoms with E-state index in [-0.39, 0.29) is 5.69 Å². The number of carbonyl (C=O) groups is 2. The number of nitrogens with zero attached hydrogens (tertiary/aromatic N) is 1. The van der Waals surface area contributed by atoms with Crippen molar-refractivity contribution in [1.29, 1.82) is 0 Å². The van der Waals surface area contributed by atoms with Crippen LogP contribution in [0.3, 0.4) is 0 Å². The molecule has 0 aromatic heterocycles. The smallest absolute Gasteiger partial charge is 0.431 e.